The molecule has 0 fully saturated rings. The van der Waals surface area contributed by atoms with E-state index < -0.39 is 12.1 Å². The molecular formula is C22H22O5. The fraction of sp³-hybridized carbons (Fsp3) is 0.227. The number of carbonyl (C=O) groups is 1. The molecule has 1 atom stereocenters. The van der Waals surface area contributed by atoms with Crippen molar-refractivity contribution in [3.63, 3.8) is 0 Å². The summed E-state index contributed by atoms with van der Waals surface area (Å²) in [5, 5.41) is 13.4. The van der Waals surface area contributed by atoms with Gasteiger partial charge in [-0.1, -0.05) is 30.8 Å². The highest BCUT2D eigenvalue weighted by Crippen LogP contribution is 2.36. The molecule has 0 aliphatic rings. The van der Waals surface area contributed by atoms with Crippen molar-refractivity contribution in [3.05, 3.63) is 60.7 Å². The Morgan fingerprint density at radius 3 is 2.56 bits per heavy atom. The topological polar surface area (TPSA) is 65.0 Å². The molecule has 3 aromatic rings. The molecule has 5 nitrogen and oxygen atoms in total. The molecule has 0 aliphatic carbocycles. The highest BCUT2D eigenvalue weighted by Gasteiger charge is 2.17. The largest absolute Gasteiger partial charge is 0.497 e. The molecule has 0 radical (unpaired) electrons. The normalized spacial score (nSPS) is 12.0. The molecule has 1 N–H and O–H groups in total. The SMILES string of the molecule is C=C(C)C(=O)OC(CO)COc1c2ccccc2cc2cc(OC)ccc12. The first-order valence-corrected chi connectivity index (χ1v) is 8.63. The van der Waals surface area contributed by atoms with Crippen LogP contribution in [0.25, 0.3) is 21.5 Å². The third kappa shape index (κ3) is 4.04. The standard InChI is InChI=1S/C22H22O5/c1-14(2)22(24)27-18(12-23)13-26-21-19-7-5-4-6-15(19)10-16-11-17(25-3)8-9-20(16)21/h4-11,18,23H,1,12-13H2,2-3H3. The predicted octanol–water partition coefficient (Wildman–Crippen LogP) is 3.86. The number of ether oxygens (including phenoxy) is 3. The summed E-state index contributed by atoms with van der Waals surface area (Å²) in [6.07, 6.45) is -0.776. The lowest BCUT2D eigenvalue weighted by molar-refractivity contribution is -0.147. The molecule has 27 heavy (non-hydrogen) atoms. The number of rotatable bonds is 7. The second kappa shape index (κ2) is 8.10. The molecule has 0 heterocycles. The molecule has 0 bridgehead atoms. The molecule has 140 valence electrons. The van der Waals surface area contributed by atoms with Crippen molar-refractivity contribution in [1.82, 2.24) is 0 Å². The molecule has 5 heteroatoms. The average molecular weight is 366 g/mol. The zero-order chi connectivity index (χ0) is 19.4. The van der Waals surface area contributed by atoms with Gasteiger partial charge in [0, 0.05) is 16.3 Å². The van der Waals surface area contributed by atoms with E-state index in [4.69, 9.17) is 14.2 Å². The van der Waals surface area contributed by atoms with Crippen LogP contribution < -0.4 is 9.47 Å². The van der Waals surface area contributed by atoms with Crippen LogP contribution in [-0.4, -0.2) is 37.5 Å². The fourth-order valence-electron chi connectivity index (χ4n) is 2.84. The van der Waals surface area contributed by atoms with Gasteiger partial charge in [-0.25, -0.2) is 4.79 Å². The Morgan fingerprint density at radius 2 is 1.85 bits per heavy atom. The summed E-state index contributed by atoms with van der Waals surface area (Å²) in [5.74, 6) is 0.882. The molecule has 0 aliphatic heterocycles. The summed E-state index contributed by atoms with van der Waals surface area (Å²) >= 11 is 0. The van der Waals surface area contributed by atoms with Gasteiger partial charge in [-0.2, -0.15) is 0 Å². The maximum Gasteiger partial charge on any atom is 0.333 e. The zero-order valence-corrected chi connectivity index (χ0v) is 15.4. The van der Waals surface area contributed by atoms with E-state index in [-0.39, 0.29) is 18.8 Å². The van der Waals surface area contributed by atoms with Crippen molar-refractivity contribution < 1.29 is 24.1 Å². The fourth-order valence-corrected chi connectivity index (χ4v) is 2.84. The lowest BCUT2D eigenvalue weighted by atomic mass is 10.0. The van der Waals surface area contributed by atoms with Crippen molar-refractivity contribution in [1.29, 1.82) is 0 Å². The number of esters is 1. The minimum Gasteiger partial charge on any atom is -0.497 e. The number of fused-ring (bicyclic) bond motifs is 2. The van der Waals surface area contributed by atoms with Gasteiger partial charge in [-0.05, 0) is 42.0 Å². The van der Waals surface area contributed by atoms with Crippen LogP contribution in [0, 0.1) is 0 Å². The van der Waals surface area contributed by atoms with E-state index in [1.165, 1.54) is 0 Å². The van der Waals surface area contributed by atoms with E-state index in [9.17, 15) is 9.90 Å². The van der Waals surface area contributed by atoms with Crippen molar-refractivity contribution >= 4 is 27.5 Å². The Kier molecular flexibility index (Phi) is 5.62. The zero-order valence-electron chi connectivity index (χ0n) is 15.4. The lowest BCUT2D eigenvalue weighted by Crippen LogP contribution is -2.28. The minimum atomic E-state index is -0.776. The molecule has 0 amide bonds. The predicted molar refractivity (Wildman–Crippen MR) is 105 cm³/mol. The van der Waals surface area contributed by atoms with Gasteiger partial charge in [0.2, 0.25) is 0 Å². The van der Waals surface area contributed by atoms with Crippen LogP contribution in [0.2, 0.25) is 0 Å². The van der Waals surface area contributed by atoms with Gasteiger partial charge in [-0.15, -0.1) is 0 Å². The highest BCUT2D eigenvalue weighted by atomic mass is 16.6. The van der Waals surface area contributed by atoms with Gasteiger partial charge in [0.05, 0.1) is 13.7 Å². The Labute approximate surface area is 157 Å². The van der Waals surface area contributed by atoms with E-state index in [1.54, 1.807) is 14.0 Å². The second-order valence-corrected chi connectivity index (χ2v) is 6.32. The molecule has 1 unspecified atom stereocenters. The monoisotopic (exact) mass is 366 g/mol. The van der Waals surface area contributed by atoms with Crippen LogP contribution in [0.5, 0.6) is 11.5 Å². The van der Waals surface area contributed by atoms with Crippen LogP contribution >= 0.6 is 0 Å². The van der Waals surface area contributed by atoms with Crippen LogP contribution in [0.15, 0.2) is 60.7 Å². The Bertz CT molecular complexity index is 993. The molecular weight excluding hydrogens is 344 g/mol. The quantitative estimate of drug-likeness (QED) is 0.391. The van der Waals surface area contributed by atoms with Gasteiger partial charge < -0.3 is 19.3 Å². The summed E-state index contributed by atoms with van der Waals surface area (Å²) in [6, 6.07) is 15.7. The summed E-state index contributed by atoms with van der Waals surface area (Å²) < 4.78 is 16.6. The van der Waals surface area contributed by atoms with E-state index in [2.05, 4.69) is 12.6 Å². The molecule has 3 rings (SSSR count). The highest BCUT2D eigenvalue weighted by molar-refractivity contribution is 6.05. The maximum absolute atomic E-state index is 11.7. The second-order valence-electron chi connectivity index (χ2n) is 6.32. The van der Waals surface area contributed by atoms with Crippen LogP contribution in [0.1, 0.15) is 6.92 Å². The number of methoxy groups -OCH3 is 1. The van der Waals surface area contributed by atoms with Crippen LogP contribution in [0.4, 0.5) is 0 Å². The van der Waals surface area contributed by atoms with E-state index in [0.29, 0.717) is 5.75 Å². The Hall–Kier alpha value is -3.05. The number of benzene rings is 3. The van der Waals surface area contributed by atoms with Crippen molar-refractivity contribution in [2.24, 2.45) is 0 Å². The lowest BCUT2D eigenvalue weighted by Gasteiger charge is -2.19. The summed E-state index contributed by atoms with van der Waals surface area (Å²) in [7, 11) is 1.63. The minimum absolute atomic E-state index is 0.0324. The average Bonchev–Trinajstić information content (AvgIpc) is 2.69. The van der Waals surface area contributed by atoms with E-state index in [0.717, 1.165) is 27.3 Å². The molecule has 0 saturated carbocycles. The number of aliphatic hydroxyl groups is 1. The number of carbonyl (C=O) groups excluding carboxylic acids is 1. The van der Waals surface area contributed by atoms with E-state index >= 15 is 0 Å². The summed E-state index contributed by atoms with van der Waals surface area (Å²) in [5.41, 5.74) is 0.274. The van der Waals surface area contributed by atoms with Crippen LogP contribution in [0.3, 0.4) is 0 Å². The molecule has 0 spiro atoms. The third-order valence-electron chi connectivity index (χ3n) is 4.26. The number of hydrogen-bond donors (Lipinski definition) is 1. The van der Waals surface area contributed by atoms with Gasteiger partial charge in [0.15, 0.2) is 6.10 Å². The van der Waals surface area contributed by atoms with Gasteiger partial charge in [0.1, 0.15) is 18.1 Å². The van der Waals surface area contributed by atoms with Gasteiger partial charge >= 0.3 is 5.97 Å². The van der Waals surface area contributed by atoms with Gasteiger partial charge in [-0.3, -0.25) is 0 Å². The molecule has 0 aromatic heterocycles. The Morgan fingerprint density at radius 1 is 1.11 bits per heavy atom. The number of aliphatic hydroxyl groups excluding tert-OH is 1. The molecule has 3 aromatic carbocycles. The summed E-state index contributed by atoms with van der Waals surface area (Å²) in [4.78, 5) is 11.7. The number of hydrogen-bond acceptors (Lipinski definition) is 5. The van der Waals surface area contributed by atoms with E-state index in [1.807, 2.05) is 42.5 Å². The van der Waals surface area contributed by atoms with Crippen molar-refractivity contribution in [3.8, 4) is 11.5 Å². The smallest absolute Gasteiger partial charge is 0.333 e. The first-order valence-electron chi connectivity index (χ1n) is 8.63. The Balaban J connectivity index is 1.98. The first-order chi connectivity index (χ1) is 13.0. The van der Waals surface area contributed by atoms with Crippen molar-refractivity contribution in [2.75, 3.05) is 20.3 Å². The third-order valence-corrected chi connectivity index (χ3v) is 4.26. The van der Waals surface area contributed by atoms with Gasteiger partial charge in [0.25, 0.3) is 0 Å². The van der Waals surface area contributed by atoms with Crippen molar-refractivity contribution in [2.45, 2.75) is 13.0 Å². The van der Waals surface area contributed by atoms with Crippen LogP contribution in [-0.2, 0) is 9.53 Å². The molecule has 0 saturated heterocycles. The maximum atomic E-state index is 11.7. The first kappa shape index (κ1) is 18.7. The summed E-state index contributed by atoms with van der Waals surface area (Å²) in [6.45, 7) is 4.80.